The molecule has 0 spiro atoms. The second-order valence-corrected chi connectivity index (χ2v) is 2.65. The zero-order valence-corrected chi connectivity index (χ0v) is 7.34. The Morgan fingerprint density at radius 3 is 3.00 bits per heavy atom. The van der Waals surface area contributed by atoms with Crippen LogP contribution < -0.4 is 4.74 Å². The van der Waals surface area contributed by atoms with Gasteiger partial charge in [-0.25, -0.2) is 4.79 Å². The minimum atomic E-state index is -1.02. The Hall–Kier alpha value is -2.11. The fourth-order valence-corrected chi connectivity index (χ4v) is 1.18. The SMILES string of the molecule is COc1cc(C(=O)O)cc2nncn12. The van der Waals surface area contributed by atoms with Gasteiger partial charge in [0.25, 0.3) is 0 Å². The second kappa shape index (κ2) is 2.99. The van der Waals surface area contributed by atoms with Crippen LogP contribution in [0.2, 0.25) is 0 Å². The van der Waals surface area contributed by atoms with E-state index < -0.39 is 5.97 Å². The van der Waals surface area contributed by atoms with Crippen LogP contribution in [0.15, 0.2) is 18.5 Å². The first-order chi connectivity index (χ1) is 6.72. The maximum absolute atomic E-state index is 10.7. The van der Waals surface area contributed by atoms with Gasteiger partial charge in [0.2, 0.25) is 5.88 Å². The van der Waals surface area contributed by atoms with Crippen molar-refractivity contribution in [1.82, 2.24) is 14.6 Å². The number of hydrogen-bond acceptors (Lipinski definition) is 4. The molecule has 2 rings (SSSR count). The summed E-state index contributed by atoms with van der Waals surface area (Å²) in [5.41, 5.74) is 0.573. The van der Waals surface area contributed by atoms with E-state index in [0.717, 1.165) is 0 Å². The standard InChI is InChI=1S/C8H7N3O3/c1-14-7-3-5(8(12)13)2-6-10-9-4-11(6)7/h2-4H,1H3,(H,12,13). The molecule has 0 saturated heterocycles. The van der Waals surface area contributed by atoms with E-state index in [2.05, 4.69) is 10.2 Å². The molecule has 0 aliphatic heterocycles. The van der Waals surface area contributed by atoms with Crippen molar-refractivity contribution < 1.29 is 14.6 Å². The van der Waals surface area contributed by atoms with Gasteiger partial charge < -0.3 is 9.84 Å². The predicted molar refractivity (Wildman–Crippen MR) is 46.5 cm³/mol. The molecule has 6 nitrogen and oxygen atoms in total. The minimum absolute atomic E-state index is 0.127. The summed E-state index contributed by atoms with van der Waals surface area (Å²) in [6.07, 6.45) is 1.46. The number of ether oxygens (including phenoxy) is 1. The van der Waals surface area contributed by atoms with Crippen molar-refractivity contribution in [2.24, 2.45) is 0 Å². The zero-order chi connectivity index (χ0) is 10.1. The molecular weight excluding hydrogens is 186 g/mol. The van der Waals surface area contributed by atoms with Crippen LogP contribution in [0, 0.1) is 0 Å². The van der Waals surface area contributed by atoms with Crippen molar-refractivity contribution in [2.75, 3.05) is 7.11 Å². The first kappa shape index (κ1) is 8.49. The Balaban J connectivity index is 2.73. The number of nitrogens with zero attached hydrogens (tertiary/aromatic N) is 3. The molecule has 0 fully saturated rings. The Labute approximate surface area is 78.8 Å². The fraction of sp³-hybridized carbons (Fsp3) is 0.125. The largest absolute Gasteiger partial charge is 0.482 e. The monoisotopic (exact) mass is 193 g/mol. The highest BCUT2D eigenvalue weighted by Gasteiger charge is 2.09. The Morgan fingerprint density at radius 2 is 2.36 bits per heavy atom. The second-order valence-electron chi connectivity index (χ2n) is 2.65. The van der Waals surface area contributed by atoms with Crippen molar-refractivity contribution in [2.45, 2.75) is 0 Å². The lowest BCUT2D eigenvalue weighted by molar-refractivity contribution is 0.0696. The van der Waals surface area contributed by atoms with Gasteiger partial charge in [-0.1, -0.05) is 0 Å². The van der Waals surface area contributed by atoms with Crippen molar-refractivity contribution in [3.63, 3.8) is 0 Å². The molecule has 6 heteroatoms. The molecule has 0 bridgehead atoms. The van der Waals surface area contributed by atoms with Crippen LogP contribution in [0.4, 0.5) is 0 Å². The average molecular weight is 193 g/mol. The summed E-state index contributed by atoms with van der Waals surface area (Å²) in [5, 5.41) is 16.2. The number of aromatic nitrogens is 3. The van der Waals surface area contributed by atoms with Crippen molar-refractivity contribution in [3.05, 3.63) is 24.0 Å². The third-order valence-electron chi connectivity index (χ3n) is 1.83. The van der Waals surface area contributed by atoms with Gasteiger partial charge in [0.1, 0.15) is 6.33 Å². The van der Waals surface area contributed by atoms with Gasteiger partial charge in [-0.15, -0.1) is 10.2 Å². The van der Waals surface area contributed by atoms with Gasteiger partial charge in [0.05, 0.1) is 12.7 Å². The molecule has 2 aromatic rings. The summed E-state index contributed by atoms with van der Waals surface area (Å²) in [4.78, 5) is 10.7. The van der Waals surface area contributed by atoms with E-state index in [1.807, 2.05) is 0 Å². The fourth-order valence-electron chi connectivity index (χ4n) is 1.18. The van der Waals surface area contributed by atoms with Crippen LogP contribution >= 0.6 is 0 Å². The Kier molecular flexibility index (Phi) is 1.81. The highest BCUT2D eigenvalue weighted by Crippen LogP contribution is 2.15. The number of pyridine rings is 1. The topological polar surface area (TPSA) is 76.7 Å². The van der Waals surface area contributed by atoms with E-state index in [1.54, 1.807) is 4.40 Å². The Morgan fingerprint density at radius 1 is 1.57 bits per heavy atom. The molecular formula is C8H7N3O3. The smallest absolute Gasteiger partial charge is 0.336 e. The van der Waals surface area contributed by atoms with Gasteiger partial charge in [0, 0.05) is 6.07 Å². The number of rotatable bonds is 2. The highest BCUT2D eigenvalue weighted by atomic mass is 16.5. The molecule has 0 aromatic carbocycles. The van der Waals surface area contributed by atoms with E-state index in [1.165, 1.54) is 25.6 Å². The summed E-state index contributed by atoms with van der Waals surface area (Å²) in [6.45, 7) is 0. The van der Waals surface area contributed by atoms with E-state index in [9.17, 15) is 4.79 Å². The van der Waals surface area contributed by atoms with Gasteiger partial charge in [-0.2, -0.15) is 0 Å². The van der Waals surface area contributed by atoms with Crippen LogP contribution in [0.3, 0.4) is 0 Å². The maximum Gasteiger partial charge on any atom is 0.336 e. The molecule has 2 aromatic heterocycles. The van der Waals surface area contributed by atoms with E-state index in [-0.39, 0.29) is 5.56 Å². The highest BCUT2D eigenvalue weighted by molar-refractivity contribution is 5.89. The van der Waals surface area contributed by atoms with Crippen LogP contribution in [-0.2, 0) is 0 Å². The third kappa shape index (κ3) is 1.17. The van der Waals surface area contributed by atoms with Crippen LogP contribution in [-0.4, -0.2) is 32.8 Å². The lowest BCUT2D eigenvalue weighted by Crippen LogP contribution is -2.00. The van der Waals surface area contributed by atoms with Crippen LogP contribution in [0.25, 0.3) is 5.65 Å². The summed E-state index contributed by atoms with van der Waals surface area (Å²) in [6, 6.07) is 2.84. The molecule has 0 saturated carbocycles. The number of carboxylic acid groups (broad SMARTS) is 1. The molecule has 14 heavy (non-hydrogen) atoms. The Bertz CT molecular complexity index is 492. The maximum atomic E-state index is 10.7. The normalized spacial score (nSPS) is 10.4. The zero-order valence-electron chi connectivity index (χ0n) is 7.34. The summed E-state index contributed by atoms with van der Waals surface area (Å²) < 4.78 is 6.56. The average Bonchev–Trinajstić information content (AvgIpc) is 2.63. The summed E-state index contributed by atoms with van der Waals surface area (Å²) in [5.74, 6) is -0.626. The first-order valence-corrected chi connectivity index (χ1v) is 3.83. The van der Waals surface area contributed by atoms with Gasteiger partial charge in [-0.3, -0.25) is 4.40 Å². The molecule has 0 atom stereocenters. The summed E-state index contributed by atoms with van der Waals surface area (Å²) >= 11 is 0. The van der Waals surface area contributed by atoms with Crippen LogP contribution in [0.5, 0.6) is 5.88 Å². The number of carbonyl (C=O) groups is 1. The summed E-state index contributed by atoms with van der Waals surface area (Å²) in [7, 11) is 1.46. The van der Waals surface area contributed by atoms with Gasteiger partial charge >= 0.3 is 5.97 Å². The third-order valence-corrected chi connectivity index (χ3v) is 1.83. The van der Waals surface area contributed by atoms with Crippen molar-refractivity contribution in [3.8, 4) is 5.88 Å². The molecule has 0 aliphatic carbocycles. The molecule has 0 aliphatic rings. The number of fused-ring (bicyclic) bond motifs is 1. The van der Waals surface area contributed by atoms with Crippen molar-refractivity contribution in [1.29, 1.82) is 0 Å². The van der Waals surface area contributed by atoms with Crippen molar-refractivity contribution >= 4 is 11.6 Å². The minimum Gasteiger partial charge on any atom is -0.482 e. The van der Waals surface area contributed by atoms with Gasteiger partial charge in [0.15, 0.2) is 5.65 Å². The number of methoxy groups -OCH3 is 1. The molecule has 1 N–H and O–H groups in total. The molecule has 72 valence electrons. The number of aromatic carboxylic acids is 1. The molecule has 0 radical (unpaired) electrons. The lowest BCUT2D eigenvalue weighted by atomic mass is 10.2. The first-order valence-electron chi connectivity index (χ1n) is 3.83. The number of hydrogen-bond donors (Lipinski definition) is 1. The van der Waals surface area contributed by atoms with E-state index >= 15 is 0 Å². The quantitative estimate of drug-likeness (QED) is 0.748. The molecule has 0 amide bonds. The lowest BCUT2D eigenvalue weighted by Gasteiger charge is -2.03. The predicted octanol–water partition coefficient (Wildman–Crippen LogP) is 0.436. The van der Waals surface area contributed by atoms with E-state index in [0.29, 0.717) is 11.5 Å². The number of carboxylic acids is 1. The van der Waals surface area contributed by atoms with E-state index in [4.69, 9.17) is 9.84 Å². The van der Waals surface area contributed by atoms with Crippen LogP contribution in [0.1, 0.15) is 10.4 Å². The van der Waals surface area contributed by atoms with Gasteiger partial charge in [-0.05, 0) is 6.07 Å². The molecule has 0 unspecified atom stereocenters. The molecule has 2 heterocycles.